The van der Waals surface area contributed by atoms with Gasteiger partial charge in [0, 0.05) is 26.2 Å². The molecule has 0 bridgehead atoms. The molecule has 3 rings (SSSR count). The number of hydrogen-bond donors (Lipinski definition) is 2. The Morgan fingerprint density at radius 2 is 1.96 bits per heavy atom. The number of nitrogens with one attached hydrogen (secondary N) is 2. The van der Waals surface area contributed by atoms with Gasteiger partial charge in [-0.2, -0.15) is 0 Å². The van der Waals surface area contributed by atoms with Gasteiger partial charge < -0.3 is 24.8 Å². The Kier molecular flexibility index (Phi) is 9.27. The fourth-order valence-corrected chi connectivity index (χ4v) is 2.89. The van der Waals surface area contributed by atoms with Gasteiger partial charge in [0.25, 0.3) is 0 Å². The first-order chi connectivity index (χ1) is 12.3. The van der Waals surface area contributed by atoms with Crippen molar-refractivity contribution in [2.24, 2.45) is 4.99 Å². The van der Waals surface area contributed by atoms with Crippen LogP contribution in [-0.4, -0.2) is 63.6 Å². The highest BCUT2D eigenvalue weighted by Gasteiger charge is 2.13. The fourth-order valence-electron chi connectivity index (χ4n) is 2.89. The molecular formula is C18H29IN4O3. The molecule has 7 nitrogen and oxygen atoms in total. The standard InChI is InChI=1S/C18H28N4O3.HI/c1-2-19-18(20-6-3-7-22-8-10-23-11-9-22)21-13-15-4-5-16-17(12-15)25-14-24-16;/h4-5,12H,2-3,6-11,13-14H2,1H3,(H2,19,20,21);1H. The van der Waals surface area contributed by atoms with E-state index in [0.717, 1.165) is 75.4 Å². The molecule has 1 fully saturated rings. The summed E-state index contributed by atoms with van der Waals surface area (Å²) < 4.78 is 16.1. The van der Waals surface area contributed by atoms with Crippen LogP contribution in [0.5, 0.6) is 11.5 Å². The topological polar surface area (TPSA) is 67.4 Å². The summed E-state index contributed by atoms with van der Waals surface area (Å²) in [6, 6.07) is 5.96. The molecule has 8 heteroatoms. The molecule has 2 heterocycles. The van der Waals surface area contributed by atoms with Crippen molar-refractivity contribution in [3.8, 4) is 11.5 Å². The van der Waals surface area contributed by atoms with Gasteiger partial charge in [-0.3, -0.25) is 4.90 Å². The minimum Gasteiger partial charge on any atom is -0.454 e. The smallest absolute Gasteiger partial charge is 0.231 e. The van der Waals surface area contributed by atoms with Gasteiger partial charge in [-0.05, 0) is 37.6 Å². The normalized spacial score (nSPS) is 16.9. The molecule has 26 heavy (non-hydrogen) atoms. The van der Waals surface area contributed by atoms with Crippen LogP contribution < -0.4 is 20.1 Å². The van der Waals surface area contributed by atoms with Gasteiger partial charge in [-0.1, -0.05) is 6.07 Å². The molecule has 1 aromatic rings. The molecule has 0 saturated carbocycles. The molecule has 0 atom stereocenters. The summed E-state index contributed by atoms with van der Waals surface area (Å²) in [5, 5.41) is 6.70. The van der Waals surface area contributed by atoms with Gasteiger partial charge in [-0.25, -0.2) is 4.99 Å². The highest BCUT2D eigenvalue weighted by atomic mass is 127. The van der Waals surface area contributed by atoms with E-state index in [9.17, 15) is 0 Å². The highest BCUT2D eigenvalue weighted by molar-refractivity contribution is 14.0. The van der Waals surface area contributed by atoms with E-state index < -0.39 is 0 Å². The molecule has 0 amide bonds. The van der Waals surface area contributed by atoms with Crippen LogP contribution in [0.3, 0.4) is 0 Å². The van der Waals surface area contributed by atoms with Crippen molar-refractivity contribution in [1.29, 1.82) is 0 Å². The number of aliphatic imine (C=N–C) groups is 1. The average Bonchev–Trinajstić information content (AvgIpc) is 3.12. The van der Waals surface area contributed by atoms with Gasteiger partial charge in [0.2, 0.25) is 6.79 Å². The lowest BCUT2D eigenvalue weighted by molar-refractivity contribution is 0.0376. The largest absolute Gasteiger partial charge is 0.454 e. The zero-order chi connectivity index (χ0) is 17.3. The van der Waals surface area contributed by atoms with Crippen molar-refractivity contribution in [1.82, 2.24) is 15.5 Å². The van der Waals surface area contributed by atoms with E-state index in [1.165, 1.54) is 0 Å². The van der Waals surface area contributed by atoms with Crippen LogP contribution in [0.1, 0.15) is 18.9 Å². The molecule has 0 aromatic heterocycles. The van der Waals surface area contributed by atoms with Crippen molar-refractivity contribution in [3.63, 3.8) is 0 Å². The van der Waals surface area contributed by atoms with Gasteiger partial charge in [0.05, 0.1) is 19.8 Å². The molecule has 1 aromatic carbocycles. The maximum absolute atomic E-state index is 5.41. The van der Waals surface area contributed by atoms with Gasteiger partial charge >= 0.3 is 0 Å². The number of fused-ring (bicyclic) bond motifs is 1. The second-order valence-corrected chi connectivity index (χ2v) is 6.12. The van der Waals surface area contributed by atoms with E-state index in [1.807, 2.05) is 18.2 Å². The van der Waals surface area contributed by atoms with E-state index in [2.05, 4.69) is 27.4 Å². The summed E-state index contributed by atoms with van der Waals surface area (Å²) in [5.41, 5.74) is 1.11. The van der Waals surface area contributed by atoms with Crippen molar-refractivity contribution < 1.29 is 14.2 Å². The Bertz CT molecular complexity index is 580. The van der Waals surface area contributed by atoms with Crippen LogP contribution in [0.4, 0.5) is 0 Å². The predicted molar refractivity (Wildman–Crippen MR) is 113 cm³/mol. The molecule has 2 aliphatic heterocycles. The quantitative estimate of drug-likeness (QED) is 0.271. The maximum Gasteiger partial charge on any atom is 0.231 e. The number of nitrogens with zero attached hydrogens (tertiary/aromatic N) is 2. The lowest BCUT2D eigenvalue weighted by Crippen LogP contribution is -2.40. The zero-order valence-corrected chi connectivity index (χ0v) is 17.7. The molecule has 0 spiro atoms. The van der Waals surface area contributed by atoms with Crippen LogP contribution in [0, 0.1) is 0 Å². The third-order valence-electron chi connectivity index (χ3n) is 4.25. The zero-order valence-electron chi connectivity index (χ0n) is 15.3. The average molecular weight is 476 g/mol. The second kappa shape index (κ2) is 11.5. The lowest BCUT2D eigenvalue weighted by Gasteiger charge is -2.26. The van der Waals surface area contributed by atoms with E-state index in [-0.39, 0.29) is 24.0 Å². The molecule has 0 aliphatic carbocycles. The Hall–Kier alpha value is -1.26. The van der Waals surface area contributed by atoms with Crippen LogP contribution in [-0.2, 0) is 11.3 Å². The highest BCUT2D eigenvalue weighted by Crippen LogP contribution is 2.32. The molecule has 2 N–H and O–H groups in total. The number of ether oxygens (including phenoxy) is 3. The number of hydrogen-bond acceptors (Lipinski definition) is 5. The fraction of sp³-hybridized carbons (Fsp3) is 0.611. The number of halogens is 1. The summed E-state index contributed by atoms with van der Waals surface area (Å²) in [7, 11) is 0. The molecule has 0 radical (unpaired) electrons. The molecular weight excluding hydrogens is 447 g/mol. The van der Waals surface area contributed by atoms with Gasteiger partial charge in [-0.15, -0.1) is 24.0 Å². The van der Waals surface area contributed by atoms with Crippen molar-refractivity contribution >= 4 is 29.9 Å². The monoisotopic (exact) mass is 476 g/mol. The van der Waals surface area contributed by atoms with Gasteiger partial charge in [0.15, 0.2) is 17.5 Å². The maximum atomic E-state index is 5.41. The van der Waals surface area contributed by atoms with Crippen molar-refractivity contribution in [2.75, 3.05) is 52.7 Å². The third kappa shape index (κ3) is 6.48. The Balaban J connectivity index is 0.00000243. The molecule has 0 unspecified atom stereocenters. The molecule has 146 valence electrons. The minimum atomic E-state index is 0. The first kappa shape index (κ1) is 21.0. The van der Waals surface area contributed by atoms with Crippen LogP contribution in [0.15, 0.2) is 23.2 Å². The summed E-state index contributed by atoms with van der Waals surface area (Å²) in [6.45, 7) is 9.62. The van der Waals surface area contributed by atoms with Gasteiger partial charge in [0.1, 0.15) is 0 Å². The Morgan fingerprint density at radius 1 is 1.15 bits per heavy atom. The minimum absolute atomic E-state index is 0. The van der Waals surface area contributed by atoms with Crippen molar-refractivity contribution in [2.45, 2.75) is 19.9 Å². The van der Waals surface area contributed by atoms with E-state index in [4.69, 9.17) is 14.2 Å². The third-order valence-corrected chi connectivity index (χ3v) is 4.25. The predicted octanol–water partition coefficient (Wildman–Crippen LogP) is 1.81. The Morgan fingerprint density at radius 3 is 2.77 bits per heavy atom. The summed E-state index contributed by atoms with van der Waals surface area (Å²) in [4.78, 5) is 7.10. The van der Waals surface area contributed by atoms with Crippen molar-refractivity contribution in [3.05, 3.63) is 23.8 Å². The number of benzene rings is 1. The first-order valence-electron chi connectivity index (χ1n) is 9.06. The molecule has 2 aliphatic rings. The summed E-state index contributed by atoms with van der Waals surface area (Å²) in [5.74, 6) is 2.46. The number of rotatable bonds is 7. The van der Waals surface area contributed by atoms with Crippen LogP contribution >= 0.6 is 24.0 Å². The molecule has 1 saturated heterocycles. The van der Waals surface area contributed by atoms with E-state index >= 15 is 0 Å². The first-order valence-corrected chi connectivity index (χ1v) is 9.06. The van der Waals surface area contributed by atoms with E-state index in [1.54, 1.807) is 0 Å². The SMILES string of the molecule is CCNC(=NCc1ccc2c(c1)OCO2)NCCCN1CCOCC1.I. The summed E-state index contributed by atoms with van der Waals surface area (Å²) >= 11 is 0. The lowest BCUT2D eigenvalue weighted by atomic mass is 10.2. The van der Waals surface area contributed by atoms with Crippen LogP contribution in [0.2, 0.25) is 0 Å². The van der Waals surface area contributed by atoms with Crippen LogP contribution in [0.25, 0.3) is 0 Å². The summed E-state index contributed by atoms with van der Waals surface area (Å²) in [6.07, 6.45) is 1.09. The number of guanidine groups is 1. The Labute approximate surface area is 172 Å². The van der Waals surface area contributed by atoms with E-state index in [0.29, 0.717) is 13.3 Å². The second-order valence-electron chi connectivity index (χ2n) is 6.12. The number of morpholine rings is 1.